The molecule has 0 fully saturated rings. The first kappa shape index (κ1) is 30.6. The summed E-state index contributed by atoms with van der Waals surface area (Å²) in [4.78, 5) is 24.0. The van der Waals surface area contributed by atoms with Crippen LogP contribution in [0.5, 0.6) is 11.5 Å². The molecule has 0 spiro atoms. The van der Waals surface area contributed by atoms with E-state index in [0.29, 0.717) is 43.3 Å². The van der Waals surface area contributed by atoms with Crippen molar-refractivity contribution < 1.29 is 47.5 Å². The smallest absolute Gasteiger partial charge is 0.338 e. The van der Waals surface area contributed by atoms with Crippen LogP contribution >= 0.6 is 0 Å². The van der Waals surface area contributed by atoms with Crippen molar-refractivity contribution in [1.82, 2.24) is 0 Å². The van der Waals surface area contributed by atoms with E-state index in [2.05, 4.69) is 0 Å². The van der Waals surface area contributed by atoms with Gasteiger partial charge < -0.3 is 37.9 Å². The minimum absolute atomic E-state index is 0.0234. The molecule has 0 atom stereocenters. The Balaban J connectivity index is 1.12. The molecular formula is C30H34O10. The average molecular weight is 555 g/mol. The maximum Gasteiger partial charge on any atom is 0.338 e. The summed E-state index contributed by atoms with van der Waals surface area (Å²) in [5.41, 5.74) is 0.901. The van der Waals surface area contributed by atoms with Crippen LogP contribution in [0.4, 0.5) is 0 Å². The van der Waals surface area contributed by atoms with Crippen LogP contribution in [0.15, 0.2) is 84.9 Å². The highest BCUT2D eigenvalue weighted by atomic mass is 16.7. The van der Waals surface area contributed by atoms with Crippen LogP contribution in [0.3, 0.4) is 0 Å². The maximum atomic E-state index is 12.2. The van der Waals surface area contributed by atoms with Crippen molar-refractivity contribution in [2.45, 2.75) is 0 Å². The first-order valence-electron chi connectivity index (χ1n) is 12.8. The number of benzene rings is 3. The predicted molar refractivity (Wildman–Crippen MR) is 144 cm³/mol. The van der Waals surface area contributed by atoms with Crippen LogP contribution in [-0.4, -0.2) is 78.4 Å². The van der Waals surface area contributed by atoms with E-state index in [-0.39, 0.29) is 46.0 Å². The van der Waals surface area contributed by atoms with Crippen molar-refractivity contribution >= 4 is 11.9 Å². The minimum Gasteiger partial charge on any atom is -0.468 e. The highest BCUT2D eigenvalue weighted by Gasteiger charge is 2.08. The number of carbonyl (C=O) groups is 2. The van der Waals surface area contributed by atoms with Gasteiger partial charge in [-0.05, 0) is 48.5 Å². The summed E-state index contributed by atoms with van der Waals surface area (Å²) < 4.78 is 42.7. The summed E-state index contributed by atoms with van der Waals surface area (Å²) in [5, 5.41) is 0. The topological polar surface area (TPSA) is 108 Å². The first-order valence-corrected chi connectivity index (χ1v) is 12.8. The van der Waals surface area contributed by atoms with Gasteiger partial charge in [-0.25, -0.2) is 9.59 Å². The Morgan fingerprint density at radius 3 is 1.35 bits per heavy atom. The van der Waals surface area contributed by atoms with E-state index >= 15 is 0 Å². The lowest BCUT2D eigenvalue weighted by Gasteiger charge is -2.09. The van der Waals surface area contributed by atoms with E-state index in [9.17, 15) is 9.59 Å². The van der Waals surface area contributed by atoms with Gasteiger partial charge in [0.25, 0.3) is 0 Å². The predicted octanol–water partition coefficient (Wildman–Crippen LogP) is 4.14. The van der Waals surface area contributed by atoms with Crippen molar-refractivity contribution in [2.24, 2.45) is 0 Å². The molecule has 0 radical (unpaired) electrons. The molecule has 10 nitrogen and oxygen atoms in total. The number of rotatable bonds is 20. The molecule has 0 saturated heterocycles. The number of esters is 2. The number of hydrogen-bond acceptors (Lipinski definition) is 10. The van der Waals surface area contributed by atoms with Gasteiger partial charge in [-0.2, -0.15) is 0 Å². The van der Waals surface area contributed by atoms with Crippen molar-refractivity contribution in [1.29, 1.82) is 0 Å². The lowest BCUT2D eigenvalue weighted by molar-refractivity contribution is -0.0239. The summed E-state index contributed by atoms with van der Waals surface area (Å²) in [6, 6.07) is 24.7. The normalized spacial score (nSPS) is 10.6. The van der Waals surface area contributed by atoms with Crippen LogP contribution in [0.25, 0.3) is 0 Å². The lowest BCUT2D eigenvalue weighted by Crippen LogP contribution is -2.14. The van der Waals surface area contributed by atoms with E-state index in [1.165, 1.54) is 0 Å². The standard InChI is InChI=1S/C30H34O10/c31-29(25-7-3-1-4-8-25)37-21-19-33-16-18-36-24-40-28-13-11-26(12-14-28)30(32)38-22-20-34-15-17-35-23-39-27-9-5-2-6-10-27/h1-14H,15-24H2. The van der Waals surface area contributed by atoms with Gasteiger partial charge in [-0.1, -0.05) is 36.4 Å². The first-order chi connectivity index (χ1) is 19.7. The summed E-state index contributed by atoms with van der Waals surface area (Å²) in [6.45, 7) is 2.35. The van der Waals surface area contributed by atoms with Crippen LogP contribution in [0, 0.1) is 0 Å². The fourth-order valence-corrected chi connectivity index (χ4v) is 3.11. The third-order valence-corrected chi connectivity index (χ3v) is 5.13. The molecule has 0 bridgehead atoms. The van der Waals surface area contributed by atoms with E-state index in [1.807, 2.05) is 36.4 Å². The monoisotopic (exact) mass is 554 g/mol. The molecule has 0 aliphatic rings. The molecule has 3 aromatic rings. The molecule has 40 heavy (non-hydrogen) atoms. The Morgan fingerprint density at radius 1 is 0.425 bits per heavy atom. The number of para-hydroxylation sites is 1. The summed E-state index contributed by atoms with van der Waals surface area (Å²) >= 11 is 0. The Bertz CT molecular complexity index is 1090. The van der Waals surface area contributed by atoms with Gasteiger partial charge in [0.05, 0.1) is 50.8 Å². The Morgan fingerprint density at radius 2 is 0.825 bits per heavy atom. The van der Waals surface area contributed by atoms with Gasteiger partial charge in [0.15, 0.2) is 13.6 Å². The molecule has 0 N–H and O–H groups in total. The van der Waals surface area contributed by atoms with Gasteiger partial charge in [0, 0.05) is 0 Å². The highest BCUT2D eigenvalue weighted by molar-refractivity contribution is 5.89. The molecule has 0 aliphatic carbocycles. The van der Waals surface area contributed by atoms with Gasteiger partial charge in [0.2, 0.25) is 0 Å². The third kappa shape index (κ3) is 12.7. The van der Waals surface area contributed by atoms with Crippen LogP contribution in [0.1, 0.15) is 20.7 Å². The molecular weight excluding hydrogens is 520 g/mol. The van der Waals surface area contributed by atoms with Crippen LogP contribution in [0.2, 0.25) is 0 Å². The Labute approximate surface area is 233 Å². The molecule has 3 aromatic carbocycles. The second-order valence-electron chi connectivity index (χ2n) is 8.04. The third-order valence-electron chi connectivity index (χ3n) is 5.13. The largest absolute Gasteiger partial charge is 0.468 e. The quantitative estimate of drug-likeness (QED) is 0.115. The molecule has 0 heterocycles. The van der Waals surface area contributed by atoms with E-state index in [0.717, 1.165) is 5.75 Å². The molecule has 0 saturated carbocycles. The Hall–Kier alpha value is -3.96. The van der Waals surface area contributed by atoms with Gasteiger partial charge in [-0.15, -0.1) is 0 Å². The van der Waals surface area contributed by atoms with Crippen molar-refractivity contribution in [3.8, 4) is 11.5 Å². The number of hydrogen-bond donors (Lipinski definition) is 0. The Kier molecular flexibility index (Phi) is 14.6. The fourth-order valence-electron chi connectivity index (χ4n) is 3.11. The van der Waals surface area contributed by atoms with Crippen LogP contribution < -0.4 is 9.47 Å². The average Bonchev–Trinajstić information content (AvgIpc) is 3.00. The summed E-state index contributed by atoms with van der Waals surface area (Å²) in [6.07, 6.45) is 0. The van der Waals surface area contributed by atoms with Gasteiger partial charge in [0.1, 0.15) is 24.7 Å². The molecule has 0 unspecified atom stereocenters. The second-order valence-corrected chi connectivity index (χ2v) is 8.04. The van der Waals surface area contributed by atoms with E-state index in [1.54, 1.807) is 48.5 Å². The zero-order valence-electron chi connectivity index (χ0n) is 22.2. The summed E-state index contributed by atoms with van der Waals surface area (Å²) in [7, 11) is 0. The molecule has 0 aromatic heterocycles. The van der Waals surface area contributed by atoms with Gasteiger partial charge >= 0.3 is 11.9 Å². The molecule has 214 valence electrons. The summed E-state index contributed by atoms with van der Waals surface area (Å²) in [5.74, 6) is 0.447. The van der Waals surface area contributed by atoms with Crippen LogP contribution in [-0.2, 0) is 28.4 Å². The maximum absolute atomic E-state index is 12.2. The fraction of sp³-hybridized carbons (Fsp3) is 0.333. The molecule has 10 heteroatoms. The SMILES string of the molecule is O=C(OCCOCCOCOc1ccc(C(=O)OCCOCCOCOc2ccccc2)cc1)c1ccccc1. The van der Waals surface area contributed by atoms with E-state index in [4.69, 9.17) is 37.9 Å². The van der Waals surface area contributed by atoms with Gasteiger partial charge in [-0.3, -0.25) is 0 Å². The van der Waals surface area contributed by atoms with Crippen molar-refractivity contribution in [3.05, 3.63) is 96.1 Å². The zero-order valence-corrected chi connectivity index (χ0v) is 22.2. The molecule has 0 amide bonds. The number of carbonyl (C=O) groups excluding carboxylic acids is 2. The number of ether oxygens (including phenoxy) is 8. The second kappa shape index (κ2) is 19.2. The minimum atomic E-state index is -0.453. The zero-order chi connectivity index (χ0) is 28.1. The van der Waals surface area contributed by atoms with Crippen molar-refractivity contribution in [2.75, 3.05) is 66.4 Å². The molecule has 0 aliphatic heterocycles. The van der Waals surface area contributed by atoms with Crippen molar-refractivity contribution in [3.63, 3.8) is 0 Å². The van der Waals surface area contributed by atoms with E-state index < -0.39 is 5.97 Å². The molecule has 3 rings (SSSR count). The lowest BCUT2D eigenvalue weighted by atomic mass is 10.2. The highest BCUT2D eigenvalue weighted by Crippen LogP contribution is 2.13.